The van der Waals surface area contributed by atoms with E-state index in [2.05, 4.69) is 5.32 Å². The number of nitrogens with two attached hydrogens (primary N) is 1. The number of nitrogens with zero attached hydrogens (tertiary/aromatic N) is 2. The van der Waals surface area contributed by atoms with Gasteiger partial charge in [-0.15, -0.1) is 0 Å². The van der Waals surface area contributed by atoms with Crippen molar-refractivity contribution in [3.63, 3.8) is 0 Å². The first kappa shape index (κ1) is 16.4. The Kier molecular flexibility index (Phi) is 4.24. The van der Waals surface area contributed by atoms with Gasteiger partial charge in [-0.25, -0.2) is 14.0 Å². The van der Waals surface area contributed by atoms with Gasteiger partial charge in [-0.2, -0.15) is 0 Å². The summed E-state index contributed by atoms with van der Waals surface area (Å²) in [6.07, 6.45) is -2.30. The molecule has 0 aromatic heterocycles. The van der Waals surface area contributed by atoms with Gasteiger partial charge in [0.15, 0.2) is 6.23 Å². The Morgan fingerprint density at radius 2 is 2.17 bits per heavy atom. The third kappa shape index (κ3) is 2.63. The smallest absolute Gasteiger partial charge is 0.416 e. The van der Waals surface area contributed by atoms with Gasteiger partial charge in [-0.05, 0) is 18.2 Å². The lowest BCUT2D eigenvalue weighted by molar-refractivity contribution is 0.141. The number of thiocarbonyl (C=S) groups is 1. The normalized spacial score (nSPS) is 23.3. The molecule has 0 saturated carbocycles. The molecule has 2 aliphatic rings. The predicted octanol–water partition coefficient (Wildman–Crippen LogP) is 0.939. The summed E-state index contributed by atoms with van der Waals surface area (Å²) in [5, 5.41) is 2.75. The standard InChI is InChI=1S/C14H15FN4O4S/c1-17-12(24)10-11(16)23-14(21)19(10)7-2-3-9(8(15)6-7)18-4-5-22-13(18)20/h2-3,6,10-11H,4-5,16H2,1H3,(H,17,24)/t10?,11-/m0/s1. The minimum atomic E-state index is -0.964. The van der Waals surface area contributed by atoms with E-state index in [-0.39, 0.29) is 24.5 Å². The number of halogens is 1. The van der Waals surface area contributed by atoms with E-state index >= 15 is 0 Å². The molecule has 1 aromatic carbocycles. The van der Waals surface area contributed by atoms with Gasteiger partial charge in [-0.3, -0.25) is 15.5 Å². The van der Waals surface area contributed by atoms with Crippen LogP contribution < -0.4 is 20.9 Å². The van der Waals surface area contributed by atoms with Crippen molar-refractivity contribution in [1.29, 1.82) is 0 Å². The Bertz CT molecular complexity index is 716. The molecule has 0 aliphatic carbocycles. The van der Waals surface area contributed by atoms with Crippen molar-refractivity contribution in [3.05, 3.63) is 24.0 Å². The number of hydrogen-bond donors (Lipinski definition) is 2. The van der Waals surface area contributed by atoms with Crippen LogP contribution in [0.2, 0.25) is 0 Å². The molecule has 3 N–H and O–H groups in total. The quantitative estimate of drug-likeness (QED) is 0.780. The summed E-state index contributed by atoms with van der Waals surface area (Å²) in [4.78, 5) is 26.3. The molecule has 2 heterocycles. The van der Waals surface area contributed by atoms with Crippen LogP contribution in [0.25, 0.3) is 0 Å². The second-order valence-corrected chi connectivity index (χ2v) is 5.62. The second kappa shape index (κ2) is 6.21. The van der Waals surface area contributed by atoms with Crippen LogP contribution in [-0.2, 0) is 9.47 Å². The molecule has 8 nitrogen and oxygen atoms in total. The zero-order valence-electron chi connectivity index (χ0n) is 12.7. The van der Waals surface area contributed by atoms with Crippen molar-refractivity contribution in [2.24, 2.45) is 5.73 Å². The third-order valence-corrected chi connectivity index (χ3v) is 4.24. The lowest BCUT2D eigenvalue weighted by Gasteiger charge is -2.24. The topological polar surface area (TPSA) is 97.1 Å². The molecular weight excluding hydrogens is 339 g/mol. The molecule has 0 bridgehead atoms. The van der Waals surface area contributed by atoms with Crippen molar-refractivity contribution in [2.75, 3.05) is 30.0 Å². The Hall–Kier alpha value is -2.46. The first-order valence-corrected chi connectivity index (χ1v) is 7.55. The lowest BCUT2D eigenvalue weighted by atomic mass is 10.2. The van der Waals surface area contributed by atoms with Gasteiger partial charge in [0.05, 0.1) is 17.9 Å². The van der Waals surface area contributed by atoms with Gasteiger partial charge in [0, 0.05) is 7.05 Å². The van der Waals surface area contributed by atoms with Crippen LogP contribution in [0.3, 0.4) is 0 Å². The van der Waals surface area contributed by atoms with Crippen LogP contribution in [0.4, 0.5) is 25.4 Å². The maximum absolute atomic E-state index is 14.5. The van der Waals surface area contributed by atoms with Gasteiger partial charge in [0.2, 0.25) is 0 Å². The third-order valence-electron chi connectivity index (χ3n) is 3.80. The van der Waals surface area contributed by atoms with Crippen molar-refractivity contribution >= 4 is 40.8 Å². The second-order valence-electron chi connectivity index (χ2n) is 5.18. The fourth-order valence-electron chi connectivity index (χ4n) is 2.66. The zero-order valence-corrected chi connectivity index (χ0v) is 13.5. The van der Waals surface area contributed by atoms with E-state index in [0.29, 0.717) is 4.99 Å². The summed E-state index contributed by atoms with van der Waals surface area (Å²) >= 11 is 5.16. The molecule has 10 heteroatoms. The van der Waals surface area contributed by atoms with E-state index in [1.807, 2.05) is 0 Å². The Morgan fingerprint density at radius 3 is 2.75 bits per heavy atom. The Balaban J connectivity index is 1.94. The monoisotopic (exact) mass is 354 g/mol. The highest BCUT2D eigenvalue weighted by Gasteiger charge is 2.43. The highest BCUT2D eigenvalue weighted by molar-refractivity contribution is 7.80. The minimum Gasteiger partial charge on any atom is -0.447 e. The molecule has 2 saturated heterocycles. The van der Waals surface area contributed by atoms with Crippen LogP contribution >= 0.6 is 12.2 Å². The summed E-state index contributed by atoms with van der Waals surface area (Å²) in [6.45, 7) is 0.462. The molecule has 0 radical (unpaired) electrons. The average Bonchev–Trinajstić information content (AvgIpc) is 3.09. The predicted molar refractivity (Wildman–Crippen MR) is 87.5 cm³/mol. The van der Waals surface area contributed by atoms with Gasteiger partial charge in [0.1, 0.15) is 23.5 Å². The molecule has 2 fully saturated rings. The number of carbonyl (C=O) groups is 2. The average molecular weight is 354 g/mol. The van der Waals surface area contributed by atoms with Crippen LogP contribution in [0, 0.1) is 5.82 Å². The van der Waals surface area contributed by atoms with E-state index < -0.39 is 30.3 Å². The summed E-state index contributed by atoms with van der Waals surface area (Å²) in [5.41, 5.74) is 6.09. The molecular formula is C14H15FN4O4S. The number of likely N-dealkylation sites (N-methyl/N-ethyl adjacent to an activating group) is 1. The summed E-state index contributed by atoms with van der Waals surface area (Å²) < 4.78 is 24.2. The van der Waals surface area contributed by atoms with Gasteiger partial charge >= 0.3 is 12.2 Å². The fraction of sp³-hybridized carbons (Fsp3) is 0.357. The van der Waals surface area contributed by atoms with Crippen LogP contribution in [0.15, 0.2) is 18.2 Å². The fourth-order valence-corrected chi connectivity index (χ4v) is 2.89. The summed E-state index contributed by atoms with van der Waals surface area (Å²) in [7, 11) is 1.60. The Labute approximate surface area is 142 Å². The number of nitrogens with one attached hydrogen (secondary N) is 1. The molecule has 2 aliphatic heterocycles. The molecule has 1 aromatic rings. The number of hydrogen-bond acceptors (Lipinski definition) is 6. The largest absolute Gasteiger partial charge is 0.447 e. The van der Waals surface area contributed by atoms with E-state index in [1.165, 1.54) is 21.9 Å². The Morgan fingerprint density at radius 1 is 1.42 bits per heavy atom. The lowest BCUT2D eigenvalue weighted by Crippen LogP contribution is -2.49. The first-order valence-electron chi connectivity index (χ1n) is 7.15. The van der Waals surface area contributed by atoms with Crippen LogP contribution in [-0.4, -0.2) is 49.6 Å². The molecule has 1 unspecified atom stereocenters. The van der Waals surface area contributed by atoms with E-state index in [4.69, 9.17) is 27.4 Å². The first-order chi connectivity index (χ1) is 11.4. The number of cyclic esters (lactones) is 2. The number of anilines is 2. The maximum atomic E-state index is 14.5. The van der Waals surface area contributed by atoms with Crippen molar-refractivity contribution < 1.29 is 23.5 Å². The van der Waals surface area contributed by atoms with Crippen molar-refractivity contribution in [2.45, 2.75) is 12.3 Å². The SMILES string of the molecule is CNC(=S)C1[C@@H](N)OC(=O)N1c1ccc(N2CCOC2=O)c(F)c1. The van der Waals surface area contributed by atoms with Gasteiger partial charge < -0.3 is 14.8 Å². The molecule has 3 rings (SSSR count). The number of ether oxygens (including phenoxy) is 2. The molecule has 2 amide bonds. The van der Waals surface area contributed by atoms with Crippen molar-refractivity contribution in [3.8, 4) is 0 Å². The highest BCUT2D eigenvalue weighted by atomic mass is 32.1. The van der Waals surface area contributed by atoms with Gasteiger partial charge in [-0.1, -0.05) is 12.2 Å². The van der Waals surface area contributed by atoms with E-state index in [0.717, 1.165) is 6.07 Å². The van der Waals surface area contributed by atoms with Crippen LogP contribution in [0.1, 0.15) is 0 Å². The number of carbonyl (C=O) groups excluding carboxylic acids is 2. The zero-order chi connectivity index (χ0) is 17.4. The minimum absolute atomic E-state index is 0.0749. The summed E-state index contributed by atoms with van der Waals surface area (Å²) in [6, 6.07) is 3.27. The number of amides is 2. The van der Waals surface area contributed by atoms with E-state index in [1.54, 1.807) is 7.05 Å². The molecule has 2 atom stereocenters. The van der Waals surface area contributed by atoms with E-state index in [9.17, 15) is 14.0 Å². The molecule has 128 valence electrons. The molecule has 0 spiro atoms. The van der Waals surface area contributed by atoms with Crippen LogP contribution in [0.5, 0.6) is 0 Å². The maximum Gasteiger partial charge on any atom is 0.416 e. The number of rotatable bonds is 3. The van der Waals surface area contributed by atoms with Gasteiger partial charge in [0.25, 0.3) is 0 Å². The van der Waals surface area contributed by atoms with Crippen molar-refractivity contribution in [1.82, 2.24) is 5.32 Å². The number of benzene rings is 1. The molecule has 24 heavy (non-hydrogen) atoms. The highest BCUT2D eigenvalue weighted by Crippen LogP contribution is 2.31. The summed E-state index contributed by atoms with van der Waals surface area (Å²) in [5.74, 6) is -0.672.